The van der Waals surface area contributed by atoms with Crippen LogP contribution in [0.1, 0.15) is 30.4 Å². The fourth-order valence-electron chi connectivity index (χ4n) is 3.57. The molecule has 1 N–H and O–H groups in total. The van der Waals surface area contributed by atoms with Gasteiger partial charge in [0.1, 0.15) is 0 Å². The van der Waals surface area contributed by atoms with Gasteiger partial charge in [0.05, 0.1) is 0 Å². The lowest BCUT2D eigenvalue weighted by Crippen LogP contribution is -2.45. The van der Waals surface area contributed by atoms with Crippen LogP contribution in [0, 0.1) is 5.92 Å². The first kappa shape index (κ1) is 12.2. The molecule has 1 fully saturated rings. The molecule has 0 spiro atoms. The number of hydrogen-bond donors (Lipinski definition) is 1. The topological polar surface area (TPSA) is 23.5 Å². The third kappa shape index (κ3) is 2.45. The predicted octanol–water partition coefficient (Wildman–Crippen LogP) is 2.25. The number of hydrogen-bond acceptors (Lipinski definition) is 2. The summed E-state index contributed by atoms with van der Waals surface area (Å²) in [5.41, 5.74) is 3.09. The fourth-order valence-corrected chi connectivity index (χ4v) is 3.57. The van der Waals surface area contributed by atoms with Crippen molar-refractivity contribution < 1.29 is 5.11 Å². The van der Waals surface area contributed by atoms with Gasteiger partial charge in [-0.2, -0.15) is 0 Å². The average molecular weight is 245 g/mol. The quantitative estimate of drug-likeness (QED) is 0.864. The molecule has 1 aromatic rings. The number of aliphatic hydroxyl groups excluding tert-OH is 1. The van der Waals surface area contributed by atoms with E-state index in [1.54, 1.807) is 11.1 Å². The van der Waals surface area contributed by atoms with Crippen molar-refractivity contribution in [2.24, 2.45) is 5.92 Å². The summed E-state index contributed by atoms with van der Waals surface area (Å²) in [4.78, 5) is 2.63. The van der Waals surface area contributed by atoms with Crippen LogP contribution in [-0.4, -0.2) is 35.7 Å². The van der Waals surface area contributed by atoms with Gasteiger partial charge >= 0.3 is 0 Å². The molecule has 1 saturated heterocycles. The number of nitrogens with zero attached hydrogens (tertiary/aromatic N) is 1. The van der Waals surface area contributed by atoms with E-state index in [2.05, 4.69) is 29.2 Å². The zero-order chi connectivity index (χ0) is 12.4. The highest BCUT2D eigenvalue weighted by Gasteiger charge is 2.28. The van der Waals surface area contributed by atoms with Crippen LogP contribution in [0.4, 0.5) is 0 Å². The van der Waals surface area contributed by atoms with Crippen LogP contribution in [0.25, 0.3) is 0 Å². The second-order valence-electron chi connectivity index (χ2n) is 5.85. The van der Waals surface area contributed by atoms with Crippen LogP contribution in [0.5, 0.6) is 0 Å². The first-order valence-corrected chi connectivity index (χ1v) is 7.28. The van der Waals surface area contributed by atoms with Crippen molar-refractivity contribution >= 4 is 0 Å². The van der Waals surface area contributed by atoms with Crippen LogP contribution < -0.4 is 0 Å². The molecule has 1 heterocycles. The van der Waals surface area contributed by atoms with E-state index < -0.39 is 0 Å². The van der Waals surface area contributed by atoms with Crippen molar-refractivity contribution in [3.05, 3.63) is 35.4 Å². The smallest absolute Gasteiger partial charge is 0.0471 e. The van der Waals surface area contributed by atoms with E-state index in [1.165, 1.54) is 38.6 Å². The molecule has 2 unspecified atom stereocenters. The third-order valence-corrected chi connectivity index (χ3v) is 4.65. The molecule has 0 aromatic heterocycles. The molecule has 2 atom stereocenters. The summed E-state index contributed by atoms with van der Waals surface area (Å²) in [5.74, 6) is 0.510. The highest BCUT2D eigenvalue weighted by Crippen LogP contribution is 2.27. The Morgan fingerprint density at radius 1 is 1.17 bits per heavy atom. The van der Waals surface area contributed by atoms with Gasteiger partial charge < -0.3 is 5.11 Å². The van der Waals surface area contributed by atoms with Gasteiger partial charge in [-0.05, 0) is 55.7 Å². The Labute approximate surface area is 110 Å². The maximum Gasteiger partial charge on any atom is 0.0471 e. The summed E-state index contributed by atoms with van der Waals surface area (Å²) in [5, 5.41) is 9.34. The van der Waals surface area contributed by atoms with Gasteiger partial charge in [0, 0.05) is 19.2 Å². The van der Waals surface area contributed by atoms with Crippen LogP contribution in [0.2, 0.25) is 0 Å². The zero-order valence-corrected chi connectivity index (χ0v) is 11.0. The molecule has 2 heteroatoms. The highest BCUT2D eigenvalue weighted by atomic mass is 16.3. The van der Waals surface area contributed by atoms with Gasteiger partial charge in [-0.3, -0.25) is 4.90 Å². The fraction of sp³-hybridized carbons (Fsp3) is 0.625. The summed E-state index contributed by atoms with van der Waals surface area (Å²) in [7, 11) is 0. The van der Waals surface area contributed by atoms with Gasteiger partial charge in [0.2, 0.25) is 0 Å². The number of aliphatic hydroxyl groups is 1. The van der Waals surface area contributed by atoms with Crippen LogP contribution in [0.3, 0.4) is 0 Å². The lowest BCUT2D eigenvalue weighted by Gasteiger charge is -2.40. The molecule has 1 aromatic carbocycles. The second kappa shape index (κ2) is 5.41. The van der Waals surface area contributed by atoms with Crippen molar-refractivity contribution in [1.82, 2.24) is 4.90 Å². The van der Waals surface area contributed by atoms with E-state index in [0.717, 1.165) is 6.54 Å². The lowest BCUT2D eigenvalue weighted by atomic mass is 9.86. The number of fused-ring (bicyclic) bond motifs is 1. The standard InChI is InChI=1S/C16H23NO/c18-12-13-4-3-9-17(11-13)16-8-7-14-5-1-2-6-15(14)10-16/h1-2,5-6,13,16,18H,3-4,7-12H2. The number of benzene rings is 1. The largest absolute Gasteiger partial charge is 0.396 e. The lowest BCUT2D eigenvalue weighted by molar-refractivity contribution is 0.0820. The molecule has 1 aliphatic heterocycles. The average Bonchev–Trinajstić information content (AvgIpc) is 2.47. The predicted molar refractivity (Wildman–Crippen MR) is 73.6 cm³/mol. The van der Waals surface area contributed by atoms with E-state index in [9.17, 15) is 5.11 Å². The first-order valence-electron chi connectivity index (χ1n) is 7.28. The molecule has 0 amide bonds. The van der Waals surface area contributed by atoms with E-state index in [4.69, 9.17) is 0 Å². The Bertz CT molecular complexity index is 404. The maximum atomic E-state index is 9.34. The molecule has 1 aliphatic carbocycles. The van der Waals surface area contributed by atoms with Gasteiger partial charge in [0.15, 0.2) is 0 Å². The summed E-state index contributed by atoms with van der Waals surface area (Å²) < 4.78 is 0. The first-order chi connectivity index (χ1) is 8.86. The Kier molecular flexibility index (Phi) is 3.67. The maximum absolute atomic E-state index is 9.34. The summed E-state index contributed by atoms with van der Waals surface area (Å²) >= 11 is 0. The van der Waals surface area contributed by atoms with E-state index in [0.29, 0.717) is 18.6 Å². The molecule has 2 aliphatic rings. The van der Waals surface area contributed by atoms with E-state index >= 15 is 0 Å². The summed E-state index contributed by atoms with van der Waals surface area (Å²) in [6.07, 6.45) is 6.17. The minimum atomic E-state index is 0.361. The zero-order valence-electron chi connectivity index (χ0n) is 11.0. The Morgan fingerprint density at radius 3 is 2.83 bits per heavy atom. The van der Waals surface area contributed by atoms with Crippen molar-refractivity contribution in [2.45, 2.75) is 38.1 Å². The van der Waals surface area contributed by atoms with Crippen LogP contribution >= 0.6 is 0 Å². The van der Waals surface area contributed by atoms with Crippen molar-refractivity contribution in [1.29, 1.82) is 0 Å². The second-order valence-corrected chi connectivity index (χ2v) is 5.85. The Morgan fingerprint density at radius 2 is 2.00 bits per heavy atom. The minimum absolute atomic E-state index is 0.361. The van der Waals surface area contributed by atoms with Crippen LogP contribution in [0.15, 0.2) is 24.3 Å². The monoisotopic (exact) mass is 245 g/mol. The molecule has 3 rings (SSSR count). The van der Waals surface area contributed by atoms with Gasteiger partial charge in [-0.25, -0.2) is 0 Å². The molecule has 18 heavy (non-hydrogen) atoms. The summed E-state index contributed by atoms with van der Waals surface area (Å²) in [6.45, 7) is 2.69. The molecule has 0 saturated carbocycles. The van der Waals surface area contributed by atoms with Gasteiger partial charge in [0.25, 0.3) is 0 Å². The number of piperidine rings is 1. The third-order valence-electron chi connectivity index (χ3n) is 4.65. The number of aryl methyl sites for hydroxylation is 1. The molecular weight excluding hydrogens is 222 g/mol. The number of likely N-dealkylation sites (tertiary alicyclic amines) is 1. The molecule has 0 bridgehead atoms. The molecule has 0 radical (unpaired) electrons. The molecule has 98 valence electrons. The van der Waals surface area contributed by atoms with Gasteiger partial charge in [-0.15, -0.1) is 0 Å². The molecule has 2 nitrogen and oxygen atoms in total. The highest BCUT2D eigenvalue weighted by molar-refractivity contribution is 5.30. The normalized spacial score (nSPS) is 28.9. The Balaban J connectivity index is 1.68. The van der Waals surface area contributed by atoms with Crippen molar-refractivity contribution in [3.63, 3.8) is 0 Å². The van der Waals surface area contributed by atoms with Crippen molar-refractivity contribution in [3.8, 4) is 0 Å². The molecular formula is C16H23NO. The van der Waals surface area contributed by atoms with E-state index in [-0.39, 0.29) is 0 Å². The minimum Gasteiger partial charge on any atom is -0.396 e. The summed E-state index contributed by atoms with van der Waals surface area (Å²) in [6, 6.07) is 9.58. The van der Waals surface area contributed by atoms with Gasteiger partial charge in [-0.1, -0.05) is 24.3 Å². The van der Waals surface area contributed by atoms with Crippen LogP contribution in [-0.2, 0) is 12.8 Å². The Hall–Kier alpha value is -0.860. The van der Waals surface area contributed by atoms with Crippen molar-refractivity contribution in [2.75, 3.05) is 19.7 Å². The number of rotatable bonds is 2. The SMILES string of the molecule is OCC1CCCN(C2CCc3ccccc3C2)C1. The van der Waals surface area contributed by atoms with E-state index in [1.807, 2.05) is 0 Å².